The van der Waals surface area contributed by atoms with Gasteiger partial charge in [-0.05, 0) is 25.0 Å². The maximum Gasteiger partial charge on any atom is 0.240 e. The fraction of sp³-hybridized carbons (Fsp3) is 0.533. The van der Waals surface area contributed by atoms with E-state index in [0.717, 1.165) is 5.75 Å². The summed E-state index contributed by atoms with van der Waals surface area (Å²) in [5, 5.41) is 0. The molecule has 0 aromatic heterocycles. The maximum atomic E-state index is 12.0. The molecule has 1 fully saturated rings. The molecule has 1 aliphatic heterocycles. The van der Waals surface area contributed by atoms with Crippen molar-refractivity contribution in [3.8, 4) is 5.75 Å². The highest BCUT2D eigenvalue weighted by molar-refractivity contribution is 5.82. The number of rotatable bonds is 4. The highest BCUT2D eigenvalue weighted by Gasteiger charge is 2.35. The molecule has 1 aromatic carbocycles. The minimum atomic E-state index is -0.402. The third-order valence-corrected chi connectivity index (χ3v) is 3.49. The van der Waals surface area contributed by atoms with Crippen molar-refractivity contribution in [2.45, 2.75) is 32.9 Å². The third-order valence-electron chi connectivity index (χ3n) is 3.49. The zero-order valence-corrected chi connectivity index (χ0v) is 11.8. The van der Waals surface area contributed by atoms with Crippen LogP contribution in [-0.2, 0) is 4.79 Å². The van der Waals surface area contributed by atoms with Crippen molar-refractivity contribution < 1.29 is 9.53 Å². The van der Waals surface area contributed by atoms with Crippen LogP contribution in [0.5, 0.6) is 5.75 Å². The van der Waals surface area contributed by atoms with Crippen LogP contribution in [0.1, 0.15) is 19.4 Å². The molecule has 2 N–H and O–H groups in total. The predicted molar refractivity (Wildman–Crippen MR) is 75.0 cm³/mol. The Kier molecular flexibility index (Phi) is 4.10. The smallest absolute Gasteiger partial charge is 0.240 e. The summed E-state index contributed by atoms with van der Waals surface area (Å²) in [4.78, 5) is 13.7. The summed E-state index contributed by atoms with van der Waals surface area (Å²) in [5.41, 5.74) is 7.06. The highest BCUT2D eigenvalue weighted by atomic mass is 16.5. The number of nitrogens with zero attached hydrogens (tertiary/aromatic N) is 1. The van der Waals surface area contributed by atoms with E-state index in [1.54, 1.807) is 4.90 Å². The normalized spacial score (nSPS) is 17.2. The minimum Gasteiger partial charge on any atom is -0.487 e. The molecule has 0 spiro atoms. The predicted octanol–water partition coefficient (Wildman–Crippen LogP) is 1.57. The van der Waals surface area contributed by atoms with E-state index < -0.39 is 6.04 Å². The second-order valence-electron chi connectivity index (χ2n) is 5.57. The van der Waals surface area contributed by atoms with Crippen molar-refractivity contribution in [2.75, 3.05) is 13.1 Å². The Morgan fingerprint density at radius 1 is 1.32 bits per heavy atom. The van der Waals surface area contributed by atoms with E-state index in [1.165, 1.54) is 5.56 Å². The fourth-order valence-electron chi connectivity index (χ4n) is 2.00. The summed E-state index contributed by atoms with van der Waals surface area (Å²) < 4.78 is 5.79. The van der Waals surface area contributed by atoms with Gasteiger partial charge < -0.3 is 15.4 Å². The van der Waals surface area contributed by atoms with Crippen molar-refractivity contribution >= 4 is 5.91 Å². The molecule has 4 heteroatoms. The number of aryl methyl sites for hydroxylation is 1. The molecule has 1 amide bonds. The molecule has 19 heavy (non-hydrogen) atoms. The van der Waals surface area contributed by atoms with Gasteiger partial charge in [0.1, 0.15) is 11.9 Å². The number of amides is 1. The van der Waals surface area contributed by atoms with E-state index in [9.17, 15) is 4.79 Å². The van der Waals surface area contributed by atoms with Gasteiger partial charge in [0.05, 0.1) is 19.1 Å². The van der Waals surface area contributed by atoms with Crippen LogP contribution in [0.15, 0.2) is 24.3 Å². The second kappa shape index (κ2) is 5.61. The first-order chi connectivity index (χ1) is 8.97. The summed E-state index contributed by atoms with van der Waals surface area (Å²) in [5.74, 6) is 1.05. The van der Waals surface area contributed by atoms with E-state index >= 15 is 0 Å². The standard InChI is InChI=1S/C15H22N2O2/c1-10(2)14(16)15(18)17-8-13(9-17)19-12-6-4-11(3)5-7-12/h4-7,10,13-14H,8-9,16H2,1-3H3/t14-/m1/s1. The van der Waals surface area contributed by atoms with Gasteiger partial charge in [0.2, 0.25) is 5.91 Å². The van der Waals surface area contributed by atoms with E-state index in [0.29, 0.717) is 13.1 Å². The van der Waals surface area contributed by atoms with Gasteiger partial charge in [0.25, 0.3) is 0 Å². The molecule has 4 nitrogen and oxygen atoms in total. The Hall–Kier alpha value is -1.55. The lowest BCUT2D eigenvalue weighted by molar-refractivity contribution is -0.142. The zero-order chi connectivity index (χ0) is 14.0. The first kappa shape index (κ1) is 13.9. The van der Waals surface area contributed by atoms with Gasteiger partial charge in [0.15, 0.2) is 0 Å². The van der Waals surface area contributed by atoms with Crippen LogP contribution in [0.3, 0.4) is 0 Å². The van der Waals surface area contributed by atoms with Gasteiger partial charge in [0, 0.05) is 0 Å². The van der Waals surface area contributed by atoms with Crippen molar-refractivity contribution in [2.24, 2.45) is 11.7 Å². The Morgan fingerprint density at radius 3 is 2.42 bits per heavy atom. The van der Waals surface area contributed by atoms with Gasteiger partial charge in [-0.15, -0.1) is 0 Å². The SMILES string of the molecule is Cc1ccc(OC2CN(C(=O)[C@H](N)C(C)C)C2)cc1. The Bertz CT molecular complexity index is 436. The molecule has 0 aliphatic carbocycles. The molecule has 0 saturated carbocycles. The average molecular weight is 262 g/mol. The van der Waals surface area contributed by atoms with Crippen molar-refractivity contribution in [1.82, 2.24) is 4.90 Å². The lowest BCUT2D eigenvalue weighted by atomic mass is 10.0. The van der Waals surface area contributed by atoms with Gasteiger partial charge >= 0.3 is 0 Å². The van der Waals surface area contributed by atoms with E-state index in [-0.39, 0.29) is 17.9 Å². The molecular formula is C15H22N2O2. The van der Waals surface area contributed by atoms with Crippen molar-refractivity contribution in [3.05, 3.63) is 29.8 Å². The molecule has 1 saturated heterocycles. The first-order valence-electron chi connectivity index (χ1n) is 6.75. The molecule has 1 aliphatic rings. The van der Waals surface area contributed by atoms with Crippen LogP contribution in [-0.4, -0.2) is 36.0 Å². The largest absolute Gasteiger partial charge is 0.487 e. The number of carbonyl (C=O) groups is 1. The number of benzene rings is 1. The molecule has 1 atom stereocenters. The van der Waals surface area contributed by atoms with E-state index in [4.69, 9.17) is 10.5 Å². The van der Waals surface area contributed by atoms with Crippen LogP contribution in [0.4, 0.5) is 0 Å². The van der Waals surface area contributed by atoms with E-state index in [1.807, 2.05) is 45.0 Å². The number of likely N-dealkylation sites (tertiary alicyclic amines) is 1. The number of carbonyl (C=O) groups excluding carboxylic acids is 1. The zero-order valence-electron chi connectivity index (χ0n) is 11.8. The lowest BCUT2D eigenvalue weighted by Gasteiger charge is -2.40. The van der Waals surface area contributed by atoms with Crippen LogP contribution < -0.4 is 10.5 Å². The molecule has 2 rings (SSSR count). The first-order valence-corrected chi connectivity index (χ1v) is 6.75. The summed E-state index contributed by atoms with van der Waals surface area (Å²) in [6.07, 6.45) is 0.0889. The molecule has 104 valence electrons. The van der Waals surface area contributed by atoms with Gasteiger partial charge in [-0.3, -0.25) is 4.79 Å². The van der Waals surface area contributed by atoms with Crippen LogP contribution >= 0.6 is 0 Å². The van der Waals surface area contributed by atoms with Crippen molar-refractivity contribution in [1.29, 1.82) is 0 Å². The number of nitrogens with two attached hydrogens (primary N) is 1. The number of ether oxygens (including phenoxy) is 1. The Labute approximate surface area is 114 Å². The molecule has 0 unspecified atom stereocenters. The monoisotopic (exact) mass is 262 g/mol. The van der Waals surface area contributed by atoms with Gasteiger partial charge in [-0.2, -0.15) is 0 Å². The van der Waals surface area contributed by atoms with Crippen molar-refractivity contribution in [3.63, 3.8) is 0 Å². The minimum absolute atomic E-state index is 0.0266. The Balaban J connectivity index is 1.80. The maximum absolute atomic E-state index is 12.0. The van der Waals surface area contributed by atoms with Crippen LogP contribution in [0.2, 0.25) is 0 Å². The van der Waals surface area contributed by atoms with Gasteiger partial charge in [-0.25, -0.2) is 0 Å². The molecule has 1 heterocycles. The average Bonchev–Trinajstić information content (AvgIpc) is 2.33. The molecule has 0 bridgehead atoms. The molecule has 0 radical (unpaired) electrons. The summed E-state index contributed by atoms with van der Waals surface area (Å²) in [6.45, 7) is 7.23. The topological polar surface area (TPSA) is 55.6 Å². The third kappa shape index (κ3) is 3.26. The van der Waals surface area contributed by atoms with Crippen LogP contribution in [0, 0.1) is 12.8 Å². The number of hydrogen-bond acceptors (Lipinski definition) is 3. The van der Waals surface area contributed by atoms with E-state index in [2.05, 4.69) is 0 Å². The molecule has 1 aromatic rings. The summed E-state index contributed by atoms with van der Waals surface area (Å²) >= 11 is 0. The van der Waals surface area contributed by atoms with Crippen LogP contribution in [0.25, 0.3) is 0 Å². The highest BCUT2D eigenvalue weighted by Crippen LogP contribution is 2.19. The number of hydrogen-bond donors (Lipinski definition) is 1. The summed E-state index contributed by atoms with van der Waals surface area (Å²) in [7, 11) is 0. The lowest BCUT2D eigenvalue weighted by Crippen LogP contribution is -2.60. The van der Waals surface area contributed by atoms with Gasteiger partial charge in [-0.1, -0.05) is 31.5 Å². The summed E-state index contributed by atoms with van der Waals surface area (Å²) in [6, 6.07) is 7.55. The Morgan fingerprint density at radius 2 is 1.89 bits per heavy atom. The molecular weight excluding hydrogens is 240 g/mol. The second-order valence-corrected chi connectivity index (χ2v) is 5.57. The quantitative estimate of drug-likeness (QED) is 0.896. The fourth-order valence-corrected chi connectivity index (χ4v) is 2.00.